The van der Waals surface area contributed by atoms with Gasteiger partial charge in [0, 0.05) is 0 Å². The summed E-state index contributed by atoms with van der Waals surface area (Å²) < 4.78 is 20.5. The molecule has 0 amide bonds. The first-order chi connectivity index (χ1) is 4.50. The Bertz CT molecular complexity index is 212. The molecule has 0 radical (unpaired) electrons. The van der Waals surface area contributed by atoms with Crippen LogP contribution in [0.3, 0.4) is 0 Å². The van der Waals surface area contributed by atoms with Crippen molar-refractivity contribution in [1.29, 1.82) is 0 Å². The number of hydrogen-bond acceptors (Lipinski definition) is 3. The van der Waals surface area contributed by atoms with Crippen LogP contribution in [-0.4, -0.2) is 59.3 Å². The van der Waals surface area contributed by atoms with E-state index in [4.69, 9.17) is 24.7 Å². The third kappa shape index (κ3) is 3.20. The van der Waals surface area contributed by atoms with Gasteiger partial charge >= 0.3 is 44.7 Å². The number of aliphatic hydroxyl groups is 1. The first-order valence-electron chi connectivity index (χ1n) is 2.34. The molecule has 0 aliphatic carbocycles. The summed E-state index contributed by atoms with van der Waals surface area (Å²) in [4.78, 5) is 33.0. The summed E-state index contributed by atoms with van der Waals surface area (Å²) in [6, 6.07) is 0. The Morgan fingerprint density at radius 2 is 1.17 bits per heavy atom. The molecule has 0 saturated carbocycles. The van der Waals surface area contributed by atoms with Crippen LogP contribution in [0.25, 0.3) is 0 Å². The molecule has 7 nitrogen and oxygen atoms in total. The quantitative estimate of drug-likeness (QED) is 0.283. The summed E-state index contributed by atoms with van der Waals surface area (Å²) in [5.41, 5.74) is 0. The summed E-state index contributed by atoms with van der Waals surface area (Å²) >= 11 is 0. The molecule has 5 N–H and O–H groups in total. The van der Waals surface area contributed by atoms with Gasteiger partial charge in [0.2, 0.25) is 0 Å². The molecule has 0 aromatic rings. The summed E-state index contributed by atoms with van der Waals surface area (Å²) in [7, 11) is -10.4. The molecule has 0 bridgehead atoms. The van der Waals surface area contributed by atoms with Gasteiger partial charge in [0.05, 0.1) is 0 Å². The van der Waals surface area contributed by atoms with Crippen molar-refractivity contribution in [2.45, 2.75) is 12.0 Å². The fourth-order valence-corrected chi connectivity index (χ4v) is 1.53. The van der Waals surface area contributed by atoms with Crippen LogP contribution in [0.2, 0.25) is 0 Å². The average molecular weight is 230 g/mol. The van der Waals surface area contributed by atoms with Crippen LogP contribution in [0, 0.1) is 0 Å². The van der Waals surface area contributed by atoms with Gasteiger partial charge in [0.25, 0.3) is 5.08 Å². The standard InChI is InChI=1S/C2H8O7P2.Na.H/c1-2(3,10(4,5)6)11(7,8)9;;/h3H,1H3,(H2,4,5,6)(H2,7,8,9);;. The zero-order chi connectivity index (χ0) is 9.50. The van der Waals surface area contributed by atoms with Crippen LogP contribution in [-0.2, 0) is 9.13 Å². The molecule has 0 aromatic carbocycles. The second-order valence-electron chi connectivity index (χ2n) is 2.06. The van der Waals surface area contributed by atoms with Crippen molar-refractivity contribution in [2.24, 2.45) is 0 Å². The Hall–Kier alpha value is 1.26. The van der Waals surface area contributed by atoms with E-state index in [9.17, 15) is 9.13 Å². The monoisotopic (exact) mass is 230 g/mol. The number of rotatable bonds is 2. The van der Waals surface area contributed by atoms with Gasteiger partial charge in [-0.1, -0.05) is 0 Å². The van der Waals surface area contributed by atoms with E-state index >= 15 is 0 Å². The van der Waals surface area contributed by atoms with Gasteiger partial charge in [0.15, 0.2) is 0 Å². The molecule has 0 atom stereocenters. The Balaban J connectivity index is 0. The molecule has 12 heavy (non-hydrogen) atoms. The van der Waals surface area contributed by atoms with E-state index in [-0.39, 0.29) is 29.6 Å². The van der Waals surface area contributed by atoms with E-state index in [1.807, 2.05) is 0 Å². The minimum absolute atomic E-state index is 0. The second-order valence-corrected chi connectivity index (χ2v) is 6.33. The SMILES string of the molecule is CC(O)(P(=O)(O)O)P(=O)(O)O.[NaH]. The van der Waals surface area contributed by atoms with Gasteiger partial charge < -0.3 is 24.7 Å². The predicted molar refractivity (Wildman–Crippen MR) is 41.9 cm³/mol. The van der Waals surface area contributed by atoms with Crippen molar-refractivity contribution in [3.63, 3.8) is 0 Å². The minimum atomic E-state index is -5.20. The van der Waals surface area contributed by atoms with Gasteiger partial charge in [-0.3, -0.25) is 9.13 Å². The summed E-state index contributed by atoms with van der Waals surface area (Å²) in [6.45, 7) is 0.383. The van der Waals surface area contributed by atoms with Gasteiger partial charge in [-0.2, -0.15) is 0 Å². The summed E-state index contributed by atoms with van der Waals surface area (Å²) in [5, 5.41) is 5.37. The third-order valence-corrected chi connectivity index (χ3v) is 4.87. The molecule has 0 aliphatic rings. The molecule has 0 saturated heterocycles. The van der Waals surface area contributed by atoms with Gasteiger partial charge in [-0.25, -0.2) is 0 Å². The zero-order valence-electron chi connectivity index (χ0n) is 5.45. The van der Waals surface area contributed by atoms with Crippen LogP contribution in [0.1, 0.15) is 6.92 Å². The van der Waals surface area contributed by atoms with Crippen LogP contribution >= 0.6 is 15.2 Å². The Kier molecular flexibility index (Phi) is 5.49. The third-order valence-electron chi connectivity index (χ3n) is 1.10. The van der Waals surface area contributed by atoms with Crippen LogP contribution in [0.5, 0.6) is 0 Å². The Morgan fingerprint density at radius 3 is 1.17 bits per heavy atom. The molecule has 70 valence electrons. The fourth-order valence-electron chi connectivity index (χ4n) is 0.170. The van der Waals surface area contributed by atoms with Crippen molar-refractivity contribution >= 4 is 44.7 Å². The van der Waals surface area contributed by atoms with E-state index in [1.54, 1.807) is 0 Å². The molecule has 0 rings (SSSR count). The van der Waals surface area contributed by atoms with E-state index in [0.717, 1.165) is 0 Å². The van der Waals surface area contributed by atoms with E-state index in [1.165, 1.54) is 0 Å². The maximum atomic E-state index is 10.3. The van der Waals surface area contributed by atoms with Crippen LogP contribution < -0.4 is 0 Å². The number of hydrogen-bond donors (Lipinski definition) is 5. The molecular weight excluding hydrogens is 221 g/mol. The van der Waals surface area contributed by atoms with Crippen molar-refractivity contribution in [2.75, 3.05) is 0 Å². The van der Waals surface area contributed by atoms with Crippen LogP contribution in [0.15, 0.2) is 0 Å². The van der Waals surface area contributed by atoms with Crippen LogP contribution in [0.4, 0.5) is 0 Å². The summed E-state index contributed by atoms with van der Waals surface area (Å²) in [6.07, 6.45) is 0. The molecule has 10 heteroatoms. The van der Waals surface area contributed by atoms with E-state index < -0.39 is 20.3 Å². The molecule has 0 heterocycles. The Labute approximate surface area is 90.4 Å². The van der Waals surface area contributed by atoms with Crippen molar-refractivity contribution < 1.29 is 33.8 Å². The maximum absolute atomic E-state index is 10.3. The van der Waals surface area contributed by atoms with E-state index in [2.05, 4.69) is 0 Å². The van der Waals surface area contributed by atoms with Gasteiger partial charge in [0.1, 0.15) is 0 Å². The van der Waals surface area contributed by atoms with Crippen molar-refractivity contribution in [3.8, 4) is 0 Å². The average Bonchev–Trinajstić information content (AvgIpc) is 1.58. The fraction of sp³-hybridized carbons (Fsp3) is 1.00. The first-order valence-corrected chi connectivity index (χ1v) is 5.56. The molecule has 0 fully saturated rings. The molecule has 0 aliphatic heterocycles. The Morgan fingerprint density at radius 1 is 1.00 bits per heavy atom. The second kappa shape index (κ2) is 4.19. The van der Waals surface area contributed by atoms with E-state index in [0.29, 0.717) is 6.92 Å². The molecular formula is C2H9NaO7P2. The predicted octanol–water partition coefficient (Wildman–Crippen LogP) is -1.64. The summed E-state index contributed by atoms with van der Waals surface area (Å²) in [5.74, 6) is 0. The zero-order valence-corrected chi connectivity index (χ0v) is 7.24. The topological polar surface area (TPSA) is 135 Å². The van der Waals surface area contributed by atoms with Gasteiger partial charge in [-0.05, 0) is 6.92 Å². The first kappa shape index (κ1) is 15.7. The molecule has 0 aromatic heterocycles. The van der Waals surface area contributed by atoms with Crippen molar-refractivity contribution in [1.82, 2.24) is 0 Å². The normalized spacial score (nSPS) is 13.8. The molecule has 0 spiro atoms. The van der Waals surface area contributed by atoms with Gasteiger partial charge in [-0.15, -0.1) is 0 Å². The van der Waals surface area contributed by atoms with Crippen molar-refractivity contribution in [3.05, 3.63) is 0 Å². The molecule has 0 unspecified atom stereocenters.